The van der Waals surface area contributed by atoms with Crippen molar-refractivity contribution in [1.82, 2.24) is 4.90 Å². The molecule has 0 aromatic heterocycles. The number of hydrogen-bond acceptors (Lipinski definition) is 2. The fourth-order valence-electron chi connectivity index (χ4n) is 3.24. The second-order valence-electron chi connectivity index (χ2n) is 5.42. The van der Waals surface area contributed by atoms with Crippen LogP contribution in [0.2, 0.25) is 0 Å². The summed E-state index contributed by atoms with van der Waals surface area (Å²) in [6, 6.07) is 11.4. The minimum absolute atomic E-state index is 0.659. The fourth-order valence-corrected chi connectivity index (χ4v) is 3.24. The maximum Gasteiger partial charge on any atom is 0.0366 e. The van der Waals surface area contributed by atoms with E-state index in [1.54, 1.807) is 0 Å². The first kappa shape index (κ1) is 10.2. The van der Waals surface area contributed by atoms with Crippen LogP contribution in [-0.2, 0) is 0 Å². The minimum Gasteiger partial charge on any atom is -0.371 e. The second kappa shape index (κ2) is 3.77. The van der Waals surface area contributed by atoms with Crippen LogP contribution in [0.3, 0.4) is 0 Å². The summed E-state index contributed by atoms with van der Waals surface area (Å²) in [7, 11) is 2.23. The van der Waals surface area contributed by atoms with Gasteiger partial charge in [-0.15, -0.1) is 0 Å². The van der Waals surface area contributed by atoms with Gasteiger partial charge in [-0.05, 0) is 43.5 Å². The Morgan fingerprint density at radius 2 is 1.75 bits per heavy atom. The van der Waals surface area contributed by atoms with Crippen LogP contribution in [0, 0.1) is 11.5 Å². The van der Waals surface area contributed by atoms with Crippen LogP contribution >= 0.6 is 0 Å². The molecule has 0 N–H and O–H groups in total. The Morgan fingerprint density at radius 1 is 1.12 bits per heavy atom. The lowest BCUT2D eigenvalue weighted by molar-refractivity contribution is 0.00132. The van der Waals surface area contributed by atoms with Gasteiger partial charge in [-0.2, -0.15) is 0 Å². The molecule has 1 aromatic carbocycles. The van der Waals surface area contributed by atoms with Gasteiger partial charge in [0.1, 0.15) is 0 Å². The third-order valence-electron chi connectivity index (χ3n) is 4.10. The molecule has 2 heterocycles. The van der Waals surface area contributed by atoms with E-state index in [9.17, 15) is 0 Å². The number of hydrogen-bond donors (Lipinski definition) is 0. The van der Waals surface area contributed by atoms with Gasteiger partial charge >= 0.3 is 0 Å². The monoisotopic (exact) mass is 215 g/mol. The summed E-state index contributed by atoms with van der Waals surface area (Å²) >= 11 is 0. The van der Waals surface area contributed by atoms with Crippen molar-refractivity contribution in [1.29, 1.82) is 0 Å². The van der Waals surface area contributed by atoms with Gasteiger partial charge in [0, 0.05) is 31.9 Å². The highest BCUT2D eigenvalue weighted by Crippen LogP contribution is 2.40. The molecule has 2 fully saturated rings. The van der Waals surface area contributed by atoms with E-state index in [2.05, 4.69) is 35.0 Å². The van der Waals surface area contributed by atoms with E-state index in [0.717, 1.165) is 0 Å². The van der Waals surface area contributed by atoms with Gasteiger partial charge in [0.25, 0.3) is 0 Å². The molecule has 2 aliphatic heterocycles. The van der Waals surface area contributed by atoms with Gasteiger partial charge in [-0.1, -0.05) is 12.1 Å². The van der Waals surface area contributed by atoms with Crippen molar-refractivity contribution in [3.63, 3.8) is 0 Å². The summed E-state index contributed by atoms with van der Waals surface area (Å²) in [4.78, 5) is 4.95. The smallest absolute Gasteiger partial charge is 0.0366 e. The SMILES string of the molecule is CN1CC2(CCN(c3cc[c]cc3)CC2)C1. The van der Waals surface area contributed by atoms with Gasteiger partial charge in [0.2, 0.25) is 0 Å². The molecule has 0 unspecified atom stereocenters. The molecule has 85 valence electrons. The Kier molecular flexibility index (Phi) is 2.40. The fraction of sp³-hybridized carbons (Fsp3) is 0.571. The molecule has 0 saturated carbocycles. The largest absolute Gasteiger partial charge is 0.371 e. The molecule has 16 heavy (non-hydrogen) atoms. The molecular formula is C14H19N2. The highest BCUT2D eigenvalue weighted by Gasteiger charge is 2.42. The quantitative estimate of drug-likeness (QED) is 0.707. The maximum absolute atomic E-state index is 3.08. The Bertz CT molecular complexity index is 344. The molecule has 2 aliphatic rings. The Labute approximate surface area is 97.9 Å². The number of anilines is 1. The van der Waals surface area contributed by atoms with Crippen LogP contribution in [0.1, 0.15) is 12.8 Å². The first-order valence-electron chi connectivity index (χ1n) is 6.17. The number of benzene rings is 1. The van der Waals surface area contributed by atoms with Gasteiger partial charge < -0.3 is 9.80 Å². The van der Waals surface area contributed by atoms with E-state index in [1.807, 2.05) is 12.1 Å². The van der Waals surface area contributed by atoms with Crippen LogP contribution in [0.25, 0.3) is 0 Å². The zero-order chi connectivity index (χ0) is 11.0. The number of rotatable bonds is 1. The highest BCUT2D eigenvalue weighted by molar-refractivity contribution is 5.46. The lowest BCUT2D eigenvalue weighted by Crippen LogP contribution is -2.58. The van der Waals surface area contributed by atoms with E-state index >= 15 is 0 Å². The average Bonchev–Trinajstić information content (AvgIpc) is 2.29. The molecule has 1 radical (unpaired) electrons. The van der Waals surface area contributed by atoms with Crippen molar-refractivity contribution in [3.8, 4) is 0 Å². The third-order valence-corrected chi connectivity index (χ3v) is 4.10. The minimum atomic E-state index is 0.659. The van der Waals surface area contributed by atoms with Crippen LogP contribution in [0.15, 0.2) is 24.3 Å². The molecular weight excluding hydrogens is 196 g/mol. The van der Waals surface area contributed by atoms with Crippen molar-refractivity contribution < 1.29 is 0 Å². The van der Waals surface area contributed by atoms with Gasteiger partial charge in [-0.3, -0.25) is 0 Å². The lowest BCUT2D eigenvalue weighted by Gasteiger charge is -2.53. The molecule has 3 rings (SSSR count). The Balaban J connectivity index is 1.63. The standard InChI is InChI=1S/C14H19N2/c1-15-11-14(12-15)7-9-16(10-8-14)13-5-3-2-4-6-13/h3-6H,7-12H2,1H3. The molecule has 2 nitrogen and oxygen atoms in total. The van der Waals surface area contributed by atoms with Crippen molar-refractivity contribution in [2.45, 2.75) is 12.8 Å². The van der Waals surface area contributed by atoms with Crippen LogP contribution < -0.4 is 4.90 Å². The summed E-state index contributed by atoms with van der Waals surface area (Å²) < 4.78 is 0. The molecule has 1 aromatic rings. The van der Waals surface area contributed by atoms with E-state index in [1.165, 1.54) is 44.7 Å². The molecule has 2 saturated heterocycles. The average molecular weight is 215 g/mol. The zero-order valence-corrected chi connectivity index (χ0v) is 9.95. The van der Waals surface area contributed by atoms with E-state index in [-0.39, 0.29) is 0 Å². The Morgan fingerprint density at radius 3 is 2.31 bits per heavy atom. The van der Waals surface area contributed by atoms with Crippen LogP contribution in [0.5, 0.6) is 0 Å². The first-order valence-corrected chi connectivity index (χ1v) is 6.17. The van der Waals surface area contributed by atoms with Gasteiger partial charge in [0.15, 0.2) is 0 Å². The first-order chi connectivity index (χ1) is 7.77. The van der Waals surface area contributed by atoms with Gasteiger partial charge in [0.05, 0.1) is 0 Å². The summed E-state index contributed by atoms with van der Waals surface area (Å²) in [5.41, 5.74) is 2.02. The van der Waals surface area contributed by atoms with Crippen LogP contribution in [0.4, 0.5) is 5.69 Å². The topological polar surface area (TPSA) is 6.48 Å². The predicted molar refractivity (Wildman–Crippen MR) is 66.7 cm³/mol. The number of nitrogens with zero attached hydrogens (tertiary/aromatic N) is 2. The molecule has 1 spiro atoms. The molecule has 0 bridgehead atoms. The third kappa shape index (κ3) is 1.71. The summed E-state index contributed by atoms with van der Waals surface area (Å²) in [5.74, 6) is 0. The molecule has 0 atom stereocenters. The molecule has 0 amide bonds. The summed E-state index contributed by atoms with van der Waals surface area (Å²) in [6.07, 6.45) is 2.71. The summed E-state index contributed by atoms with van der Waals surface area (Å²) in [5, 5.41) is 0. The van der Waals surface area contributed by atoms with Gasteiger partial charge in [-0.25, -0.2) is 0 Å². The second-order valence-corrected chi connectivity index (χ2v) is 5.42. The summed E-state index contributed by atoms with van der Waals surface area (Å²) in [6.45, 7) is 5.06. The van der Waals surface area contributed by atoms with Crippen LogP contribution in [-0.4, -0.2) is 38.1 Å². The normalized spacial score (nSPS) is 24.4. The van der Waals surface area contributed by atoms with E-state index in [4.69, 9.17) is 0 Å². The predicted octanol–water partition coefficient (Wildman–Crippen LogP) is 2.02. The number of likely N-dealkylation sites (tertiary alicyclic amines) is 1. The van der Waals surface area contributed by atoms with Crippen molar-refractivity contribution >= 4 is 5.69 Å². The zero-order valence-electron chi connectivity index (χ0n) is 9.95. The van der Waals surface area contributed by atoms with Crippen molar-refractivity contribution in [2.24, 2.45) is 5.41 Å². The number of piperidine rings is 1. The highest BCUT2D eigenvalue weighted by atomic mass is 15.2. The Hall–Kier alpha value is -1.02. The molecule has 2 heteroatoms. The van der Waals surface area contributed by atoms with Crippen molar-refractivity contribution in [2.75, 3.05) is 38.1 Å². The maximum atomic E-state index is 3.08. The van der Waals surface area contributed by atoms with E-state index in [0.29, 0.717) is 5.41 Å². The molecule has 0 aliphatic carbocycles. The van der Waals surface area contributed by atoms with Crippen molar-refractivity contribution in [3.05, 3.63) is 30.3 Å². The lowest BCUT2D eigenvalue weighted by atomic mass is 9.72. The van der Waals surface area contributed by atoms with E-state index < -0.39 is 0 Å².